The average Bonchev–Trinajstić information content (AvgIpc) is 2.54. The van der Waals surface area contributed by atoms with E-state index >= 15 is 0 Å². The zero-order valence-electron chi connectivity index (χ0n) is 11.9. The molecule has 2 rings (SSSR count). The van der Waals surface area contributed by atoms with Gasteiger partial charge < -0.3 is 4.74 Å². The van der Waals surface area contributed by atoms with E-state index in [0.717, 1.165) is 4.47 Å². The highest BCUT2D eigenvalue weighted by molar-refractivity contribution is 9.10. The molecule has 116 valence electrons. The van der Waals surface area contributed by atoms with Gasteiger partial charge in [0.15, 0.2) is 0 Å². The van der Waals surface area contributed by atoms with Crippen molar-refractivity contribution in [1.82, 2.24) is 5.43 Å². The molecule has 0 saturated carbocycles. The van der Waals surface area contributed by atoms with E-state index < -0.39 is 0 Å². The van der Waals surface area contributed by atoms with Gasteiger partial charge in [0.2, 0.25) is 0 Å². The second-order valence-corrected chi connectivity index (χ2v) is 6.12. The second kappa shape index (κ2) is 8.51. The van der Waals surface area contributed by atoms with Crippen molar-refractivity contribution in [3.63, 3.8) is 0 Å². The molecule has 23 heavy (non-hydrogen) atoms. The van der Waals surface area contributed by atoms with Crippen LogP contribution in [0.3, 0.4) is 0 Å². The highest BCUT2D eigenvalue weighted by Gasteiger charge is 2.08. The predicted molar refractivity (Wildman–Crippen MR) is 97.7 cm³/mol. The van der Waals surface area contributed by atoms with Crippen LogP contribution < -0.4 is 10.2 Å². The first-order valence-electron chi connectivity index (χ1n) is 6.55. The largest absolute Gasteiger partial charge is 0.480 e. The summed E-state index contributed by atoms with van der Waals surface area (Å²) >= 11 is 6.71. The minimum Gasteiger partial charge on any atom is -0.480 e. The maximum Gasteiger partial charge on any atom is 0.272 e. The maximum atomic E-state index is 12.1. The van der Waals surface area contributed by atoms with Crippen molar-refractivity contribution in [1.29, 1.82) is 0 Å². The maximum absolute atomic E-state index is 12.1. The summed E-state index contributed by atoms with van der Waals surface area (Å²) in [5, 5.41) is 3.97. The van der Waals surface area contributed by atoms with Crippen LogP contribution in [0.15, 0.2) is 56.5 Å². The van der Waals surface area contributed by atoms with Gasteiger partial charge in [-0.1, -0.05) is 34.0 Å². The molecule has 0 aliphatic heterocycles. The Balaban J connectivity index is 2.11. The smallest absolute Gasteiger partial charge is 0.272 e. The number of nitrogens with zero attached hydrogens (tertiary/aromatic N) is 1. The molecular weight excluding hydrogens is 424 g/mol. The summed E-state index contributed by atoms with van der Waals surface area (Å²) in [5.74, 6) is 2.68. The van der Waals surface area contributed by atoms with Gasteiger partial charge in [0.05, 0.1) is 11.8 Å². The van der Waals surface area contributed by atoms with Crippen molar-refractivity contribution in [2.45, 2.75) is 0 Å². The Hall–Kier alpha value is -2.10. The van der Waals surface area contributed by atoms with Crippen molar-refractivity contribution >= 4 is 44.0 Å². The summed E-state index contributed by atoms with van der Waals surface area (Å²) in [6.07, 6.45) is 6.70. The Morgan fingerprint density at radius 1 is 1.30 bits per heavy atom. The summed E-state index contributed by atoms with van der Waals surface area (Å²) in [6.45, 7) is 0.159. The molecule has 0 heterocycles. The Morgan fingerprint density at radius 3 is 2.83 bits per heavy atom. The minimum atomic E-state index is -0.310. The molecule has 2 aromatic rings. The van der Waals surface area contributed by atoms with Gasteiger partial charge in [0.1, 0.15) is 12.4 Å². The van der Waals surface area contributed by atoms with E-state index in [-0.39, 0.29) is 12.5 Å². The topological polar surface area (TPSA) is 50.7 Å². The van der Waals surface area contributed by atoms with Crippen LogP contribution in [-0.4, -0.2) is 18.7 Å². The number of nitrogens with one attached hydrogen (secondary N) is 1. The summed E-state index contributed by atoms with van der Waals surface area (Å²) in [4.78, 5) is 12.1. The minimum absolute atomic E-state index is 0.159. The van der Waals surface area contributed by atoms with Crippen LogP contribution in [0.5, 0.6) is 5.75 Å². The highest BCUT2D eigenvalue weighted by atomic mass is 79.9. The molecule has 0 aliphatic carbocycles. The van der Waals surface area contributed by atoms with Gasteiger partial charge in [-0.3, -0.25) is 4.79 Å². The fourth-order valence-corrected chi connectivity index (χ4v) is 2.58. The third-order valence-electron chi connectivity index (χ3n) is 2.77. The molecule has 0 atom stereocenters. The van der Waals surface area contributed by atoms with E-state index in [4.69, 9.17) is 11.2 Å². The van der Waals surface area contributed by atoms with E-state index in [1.54, 1.807) is 24.3 Å². The molecule has 0 fully saturated rings. The summed E-state index contributed by atoms with van der Waals surface area (Å²) in [5.41, 5.74) is 3.68. The second-order valence-electron chi connectivity index (χ2n) is 4.35. The molecule has 0 unspecified atom stereocenters. The Kier molecular flexibility index (Phi) is 6.39. The van der Waals surface area contributed by atoms with E-state index in [0.29, 0.717) is 21.3 Å². The highest BCUT2D eigenvalue weighted by Crippen LogP contribution is 2.21. The number of amides is 1. The van der Waals surface area contributed by atoms with Crippen molar-refractivity contribution in [3.05, 3.63) is 62.5 Å². The summed E-state index contributed by atoms with van der Waals surface area (Å²) in [6, 6.07) is 12.5. The number of carbonyl (C=O) groups excluding carboxylic acids is 1. The van der Waals surface area contributed by atoms with Crippen molar-refractivity contribution in [2.24, 2.45) is 5.10 Å². The van der Waals surface area contributed by atoms with E-state index in [9.17, 15) is 4.79 Å². The van der Waals surface area contributed by atoms with Gasteiger partial charge in [-0.25, -0.2) is 5.43 Å². The van der Waals surface area contributed by atoms with Gasteiger partial charge in [-0.05, 0) is 46.3 Å². The Bertz CT molecular complexity index is 782. The van der Waals surface area contributed by atoms with Gasteiger partial charge in [0, 0.05) is 14.5 Å². The molecule has 2 aromatic carbocycles. The predicted octanol–water partition coefficient (Wildman–Crippen LogP) is 3.99. The standard InChI is InChI=1S/C17H12Br2N2O2/c1-2-9-23-16-8-7-13(18)10-12(16)11-20-21-17(22)14-5-3-4-6-15(14)19/h1,3-8,10-11H,9H2,(H,21,22)/b20-11-. The molecule has 1 amide bonds. The molecular formula is C17H12Br2N2O2. The van der Waals surface area contributed by atoms with Crippen LogP contribution in [-0.2, 0) is 0 Å². The zero-order chi connectivity index (χ0) is 16.7. The first-order valence-corrected chi connectivity index (χ1v) is 8.14. The molecule has 0 spiro atoms. The fraction of sp³-hybridized carbons (Fsp3) is 0.0588. The summed E-state index contributed by atoms with van der Waals surface area (Å²) in [7, 11) is 0. The van der Waals surface area contributed by atoms with E-state index in [1.165, 1.54) is 6.21 Å². The lowest BCUT2D eigenvalue weighted by atomic mass is 10.2. The number of ether oxygens (including phenoxy) is 1. The third kappa shape index (κ3) is 4.95. The fourth-order valence-electron chi connectivity index (χ4n) is 1.74. The number of carbonyl (C=O) groups is 1. The normalized spacial score (nSPS) is 10.3. The lowest BCUT2D eigenvalue weighted by Crippen LogP contribution is -2.18. The number of terminal acetylenes is 1. The number of hydrogen-bond donors (Lipinski definition) is 1. The first kappa shape index (κ1) is 17.3. The molecule has 0 radical (unpaired) electrons. The Morgan fingerprint density at radius 2 is 2.09 bits per heavy atom. The van der Waals surface area contributed by atoms with Crippen molar-refractivity contribution < 1.29 is 9.53 Å². The quantitative estimate of drug-likeness (QED) is 0.438. The van der Waals surface area contributed by atoms with Crippen LogP contribution in [0.2, 0.25) is 0 Å². The van der Waals surface area contributed by atoms with Gasteiger partial charge >= 0.3 is 0 Å². The molecule has 4 nitrogen and oxygen atoms in total. The third-order valence-corrected chi connectivity index (χ3v) is 3.96. The number of benzene rings is 2. The molecule has 0 aliphatic rings. The zero-order valence-corrected chi connectivity index (χ0v) is 15.1. The number of hydrogen-bond acceptors (Lipinski definition) is 3. The van der Waals surface area contributed by atoms with Crippen LogP contribution in [0.25, 0.3) is 0 Å². The molecule has 6 heteroatoms. The lowest BCUT2D eigenvalue weighted by molar-refractivity contribution is 0.0954. The van der Waals surface area contributed by atoms with Crippen LogP contribution >= 0.6 is 31.9 Å². The number of rotatable bonds is 5. The van der Waals surface area contributed by atoms with Crippen molar-refractivity contribution in [2.75, 3.05) is 6.61 Å². The first-order chi connectivity index (χ1) is 11.1. The van der Waals surface area contributed by atoms with E-state index in [1.807, 2.05) is 18.2 Å². The molecule has 0 aromatic heterocycles. The van der Waals surface area contributed by atoms with Crippen LogP contribution in [0.1, 0.15) is 15.9 Å². The number of hydrazone groups is 1. The molecule has 1 N–H and O–H groups in total. The van der Waals surface area contributed by atoms with Crippen LogP contribution in [0.4, 0.5) is 0 Å². The van der Waals surface area contributed by atoms with Crippen LogP contribution in [0, 0.1) is 12.3 Å². The monoisotopic (exact) mass is 434 g/mol. The Labute approximate surface area is 151 Å². The van der Waals surface area contributed by atoms with Gasteiger partial charge in [0.25, 0.3) is 5.91 Å². The number of halogens is 2. The molecule has 0 saturated heterocycles. The lowest BCUT2D eigenvalue weighted by Gasteiger charge is -2.07. The van der Waals surface area contributed by atoms with Crippen molar-refractivity contribution in [3.8, 4) is 18.1 Å². The van der Waals surface area contributed by atoms with Gasteiger partial charge in [-0.2, -0.15) is 5.10 Å². The van der Waals surface area contributed by atoms with Gasteiger partial charge in [-0.15, -0.1) is 6.42 Å². The summed E-state index contributed by atoms with van der Waals surface area (Å²) < 4.78 is 7.00. The molecule has 0 bridgehead atoms. The average molecular weight is 436 g/mol. The SMILES string of the molecule is C#CCOc1ccc(Br)cc1/C=N\NC(=O)c1ccccc1Br. The van der Waals surface area contributed by atoms with E-state index in [2.05, 4.69) is 48.3 Å².